The van der Waals surface area contributed by atoms with Gasteiger partial charge in [0.2, 0.25) is 0 Å². The molecular formula is C44H26O. The first-order valence-electron chi connectivity index (χ1n) is 22.2. The molecule has 0 aliphatic carbocycles. The van der Waals surface area contributed by atoms with Crippen molar-refractivity contribution in [2.75, 3.05) is 0 Å². The molecule has 0 radical (unpaired) electrons. The van der Waals surface area contributed by atoms with E-state index in [9.17, 15) is 4.11 Å². The fourth-order valence-electron chi connectivity index (χ4n) is 6.63. The Hall–Kier alpha value is -5.92. The maximum atomic E-state index is 9.58. The lowest BCUT2D eigenvalue weighted by Gasteiger charge is -2.20. The lowest BCUT2D eigenvalue weighted by molar-refractivity contribution is 0.673. The minimum atomic E-state index is -0.607. The van der Waals surface area contributed by atoms with E-state index < -0.39 is 96.7 Å². The molecule has 0 saturated carbocycles. The van der Waals surface area contributed by atoms with E-state index in [1.807, 2.05) is 24.3 Å². The summed E-state index contributed by atoms with van der Waals surface area (Å²) in [5.74, 6) is 0. The van der Waals surface area contributed by atoms with E-state index in [1.165, 1.54) is 0 Å². The molecule has 0 N–H and O–H groups in total. The molecule has 0 aliphatic heterocycles. The molecule has 9 aromatic carbocycles. The number of furan rings is 1. The van der Waals surface area contributed by atoms with Crippen molar-refractivity contribution in [2.45, 2.75) is 0 Å². The number of hydrogen-bond acceptors (Lipinski definition) is 1. The maximum Gasteiger partial charge on any atom is 0.143 e. The zero-order valence-corrected chi connectivity index (χ0v) is 23.2. The van der Waals surface area contributed by atoms with Gasteiger partial charge in [-0.15, -0.1) is 0 Å². The van der Waals surface area contributed by atoms with Crippen LogP contribution in [-0.2, 0) is 0 Å². The Bertz CT molecular complexity index is 3720. The zero-order valence-electron chi connectivity index (χ0n) is 39.2. The van der Waals surface area contributed by atoms with Crippen molar-refractivity contribution in [3.63, 3.8) is 0 Å². The van der Waals surface area contributed by atoms with Gasteiger partial charge in [-0.2, -0.15) is 0 Å². The molecule has 0 amide bonds. The first-order chi connectivity index (χ1) is 29.0. The highest BCUT2D eigenvalue weighted by atomic mass is 16.3. The molecule has 0 unspecified atom stereocenters. The molecular weight excluding hydrogens is 544 g/mol. The van der Waals surface area contributed by atoms with Crippen LogP contribution >= 0.6 is 0 Å². The van der Waals surface area contributed by atoms with Crippen LogP contribution in [0.1, 0.15) is 21.9 Å². The Morgan fingerprint density at radius 1 is 0.378 bits per heavy atom. The van der Waals surface area contributed by atoms with E-state index in [0.717, 1.165) is 5.39 Å². The second-order valence-electron chi connectivity index (χ2n) is 10.8. The van der Waals surface area contributed by atoms with Crippen LogP contribution in [0.15, 0.2) is 162 Å². The van der Waals surface area contributed by atoms with E-state index in [0.29, 0.717) is 38.1 Å². The highest BCUT2D eigenvalue weighted by molar-refractivity contribution is 6.32. The Morgan fingerprint density at radius 3 is 1.91 bits per heavy atom. The third-order valence-corrected chi connectivity index (χ3v) is 8.48. The van der Waals surface area contributed by atoms with Gasteiger partial charge in [0, 0.05) is 16.2 Å². The third-order valence-electron chi connectivity index (χ3n) is 8.48. The largest absolute Gasteiger partial charge is 0.455 e. The molecule has 10 rings (SSSR count). The second-order valence-corrected chi connectivity index (χ2v) is 10.8. The van der Waals surface area contributed by atoms with Crippen LogP contribution in [0.3, 0.4) is 0 Å². The molecule has 0 aliphatic rings. The topological polar surface area (TPSA) is 13.1 Å². The maximum absolute atomic E-state index is 9.58. The summed E-state index contributed by atoms with van der Waals surface area (Å²) >= 11 is 0. The first-order valence-corrected chi connectivity index (χ1v) is 14.2. The van der Waals surface area contributed by atoms with Crippen LogP contribution in [0.25, 0.3) is 98.1 Å². The Kier molecular flexibility index (Phi) is 2.85. The van der Waals surface area contributed by atoms with E-state index >= 15 is 0 Å². The number of benzene rings is 9. The summed E-state index contributed by atoms with van der Waals surface area (Å²) in [5.41, 5.74) is 0.152. The molecule has 208 valence electrons. The fourth-order valence-corrected chi connectivity index (χ4v) is 6.63. The van der Waals surface area contributed by atoms with Gasteiger partial charge in [-0.25, -0.2) is 0 Å². The van der Waals surface area contributed by atoms with Crippen molar-refractivity contribution in [3.8, 4) is 22.3 Å². The molecule has 1 heterocycles. The molecule has 1 aromatic heterocycles. The van der Waals surface area contributed by atoms with Gasteiger partial charge in [0.1, 0.15) is 11.2 Å². The molecule has 0 atom stereocenters. The van der Waals surface area contributed by atoms with Gasteiger partial charge < -0.3 is 4.42 Å². The van der Waals surface area contributed by atoms with Crippen LogP contribution in [0.5, 0.6) is 0 Å². The number of hydrogen-bond donors (Lipinski definition) is 0. The van der Waals surface area contributed by atoms with Gasteiger partial charge in [0.05, 0.1) is 21.9 Å². The highest BCUT2D eigenvalue weighted by Crippen LogP contribution is 2.50. The molecule has 0 saturated heterocycles. The summed E-state index contributed by atoms with van der Waals surface area (Å²) in [6, 6.07) is 9.16. The van der Waals surface area contributed by atoms with Gasteiger partial charge in [-0.3, -0.25) is 0 Å². The van der Waals surface area contributed by atoms with Gasteiger partial charge >= 0.3 is 0 Å². The first kappa shape index (κ1) is 13.8. The van der Waals surface area contributed by atoms with Crippen molar-refractivity contribution in [1.29, 1.82) is 0 Å². The van der Waals surface area contributed by atoms with Crippen LogP contribution in [0, 0.1) is 0 Å². The van der Waals surface area contributed by atoms with Crippen molar-refractivity contribution in [2.24, 2.45) is 0 Å². The number of rotatable bonds is 2. The van der Waals surface area contributed by atoms with Crippen LogP contribution in [0.2, 0.25) is 0 Å². The Morgan fingerprint density at radius 2 is 1.04 bits per heavy atom. The number of fused-ring (bicyclic) bond motifs is 10. The van der Waals surface area contributed by atoms with Crippen LogP contribution in [0.4, 0.5) is 0 Å². The summed E-state index contributed by atoms with van der Waals surface area (Å²) in [6.07, 6.45) is 0. The Balaban J connectivity index is 1.52. The lowest BCUT2D eigenvalue weighted by atomic mass is 9.82. The molecule has 0 fully saturated rings. The normalized spacial score (nSPS) is 17.0. The van der Waals surface area contributed by atoms with Crippen molar-refractivity contribution < 1.29 is 26.3 Å². The lowest BCUT2D eigenvalue weighted by Crippen LogP contribution is -1.93. The molecule has 0 spiro atoms. The van der Waals surface area contributed by atoms with Gasteiger partial charge in [0.15, 0.2) is 0 Å². The standard InChI is InChI=1S/C44H26O/c1-4-15-30-27(11-1)14-9-20-33(30)43-35-19-8-7-18-34(35)40(37-25-23-28-12-2-5-16-31(28)42(37)43)36-21-10-22-39-41(36)38-26-24-29-13-3-6-17-32(29)44(38)45-39/h1-26H/i1D,3D,4D,6D,9D,10D,11D,13D,14D,15D,17D,20D,21D,22D,24D,26D. The molecule has 45 heavy (non-hydrogen) atoms. The molecule has 10 aromatic rings. The summed E-state index contributed by atoms with van der Waals surface area (Å²) in [6.45, 7) is 0. The van der Waals surface area contributed by atoms with Crippen molar-refractivity contribution in [1.82, 2.24) is 0 Å². The predicted octanol–water partition coefficient (Wildman–Crippen LogP) is 12.7. The van der Waals surface area contributed by atoms with Crippen LogP contribution in [-0.4, -0.2) is 0 Å². The minimum Gasteiger partial charge on any atom is -0.455 e. The quantitative estimate of drug-likeness (QED) is 0.145. The van der Waals surface area contributed by atoms with Crippen molar-refractivity contribution >= 4 is 75.8 Å². The fraction of sp³-hybridized carbons (Fsp3) is 0. The van der Waals surface area contributed by atoms with E-state index in [2.05, 4.69) is 0 Å². The van der Waals surface area contributed by atoms with Gasteiger partial charge in [-0.05, 0) is 82.8 Å². The van der Waals surface area contributed by atoms with E-state index in [4.69, 9.17) is 22.2 Å². The average Bonchev–Trinajstić information content (AvgIpc) is 3.66. The second kappa shape index (κ2) is 9.29. The summed E-state index contributed by atoms with van der Waals surface area (Å²) in [4.78, 5) is 0. The predicted molar refractivity (Wildman–Crippen MR) is 192 cm³/mol. The SMILES string of the molecule is [2H]c1c([2H])c(-c2c3ccccc3c(-c3c([2H])c([2H])c([2H])c4c([2H])c([2H])c([2H])c([2H])c34)c3c2ccc2ccccc23)c2c(oc3c4c([2H])c([2H])c([2H])c([2H])c4c([2H])c([2H])c32)c1[2H]. The smallest absolute Gasteiger partial charge is 0.143 e. The van der Waals surface area contributed by atoms with Gasteiger partial charge in [0.25, 0.3) is 0 Å². The minimum absolute atomic E-state index is 0.00563. The van der Waals surface area contributed by atoms with E-state index in [1.54, 1.807) is 36.4 Å². The summed E-state index contributed by atoms with van der Waals surface area (Å²) in [5, 5.41) is 2.05. The van der Waals surface area contributed by atoms with E-state index in [-0.39, 0.29) is 54.6 Å². The van der Waals surface area contributed by atoms with Crippen LogP contribution < -0.4 is 0 Å². The molecule has 1 heteroatoms. The monoisotopic (exact) mass is 586 g/mol. The molecule has 0 bridgehead atoms. The Labute approximate surface area is 282 Å². The zero-order chi connectivity index (χ0) is 43.4. The summed E-state index contributed by atoms with van der Waals surface area (Å²) in [7, 11) is 0. The van der Waals surface area contributed by atoms with Gasteiger partial charge in [-0.1, -0.05) is 145 Å². The van der Waals surface area contributed by atoms with Crippen molar-refractivity contribution in [3.05, 3.63) is 157 Å². The average molecular weight is 587 g/mol. The summed E-state index contributed by atoms with van der Waals surface area (Å²) < 4.78 is 149. The highest BCUT2D eigenvalue weighted by Gasteiger charge is 2.22. The third kappa shape index (κ3) is 3.44. The molecule has 1 nitrogen and oxygen atoms in total.